The highest BCUT2D eigenvalue weighted by atomic mass is 35.5. The zero-order chi connectivity index (χ0) is 12.1. The van der Waals surface area contributed by atoms with Crippen molar-refractivity contribution in [3.05, 3.63) is 39.9 Å². The molecule has 7 heteroatoms. The molecule has 0 fully saturated rings. The van der Waals surface area contributed by atoms with Crippen LogP contribution in [-0.4, -0.2) is 22.5 Å². The Labute approximate surface area is 96.6 Å². The molecule has 1 aromatic rings. The highest BCUT2D eigenvalue weighted by Gasteiger charge is 2.12. The van der Waals surface area contributed by atoms with E-state index in [1.54, 1.807) is 0 Å². The number of nitro benzene ring substituents is 1. The third-order valence-electron chi connectivity index (χ3n) is 1.86. The predicted octanol–water partition coefficient (Wildman–Crippen LogP) is 1.68. The second-order valence-electron chi connectivity index (χ2n) is 2.92. The van der Waals surface area contributed by atoms with Crippen LogP contribution in [0.25, 0.3) is 0 Å². The summed E-state index contributed by atoms with van der Waals surface area (Å²) in [5, 5.41) is 10.4. The Bertz CT molecular complexity index is 393. The molecule has 0 bridgehead atoms. The maximum atomic E-state index is 11.3. The number of carbonyl (C=O) groups excluding carboxylic acids is 1. The summed E-state index contributed by atoms with van der Waals surface area (Å²) in [5.41, 5.74) is 0.601. The van der Waals surface area contributed by atoms with Crippen molar-refractivity contribution in [2.75, 3.05) is 7.11 Å². The first-order valence-electron chi connectivity index (χ1n) is 4.30. The smallest absolute Gasteiger partial charge is 0.269 e. The van der Waals surface area contributed by atoms with Crippen LogP contribution in [0.3, 0.4) is 0 Å². The maximum absolute atomic E-state index is 11.3. The van der Waals surface area contributed by atoms with Crippen LogP contribution in [0.2, 0.25) is 0 Å². The number of nitrogens with zero attached hydrogens (tertiary/aromatic N) is 2. The van der Waals surface area contributed by atoms with Gasteiger partial charge >= 0.3 is 0 Å². The summed E-state index contributed by atoms with van der Waals surface area (Å²) >= 11 is 5.40. The highest BCUT2D eigenvalue weighted by Crippen LogP contribution is 2.13. The molecule has 0 aliphatic rings. The van der Waals surface area contributed by atoms with Gasteiger partial charge in [-0.1, -0.05) is 12.1 Å². The lowest BCUT2D eigenvalue weighted by Crippen LogP contribution is -2.21. The van der Waals surface area contributed by atoms with E-state index in [2.05, 4.69) is 4.84 Å². The van der Waals surface area contributed by atoms with Crippen molar-refractivity contribution in [1.29, 1.82) is 0 Å². The van der Waals surface area contributed by atoms with Gasteiger partial charge in [-0.2, -0.15) is 0 Å². The topological polar surface area (TPSA) is 72.7 Å². The van der Waals surface area contributed by atoms with E-state index in [-0.39, 0.29) is 12.1 Å². The Hall–Kier alpha value is -1.66. The molecule has 1 aromatic carbocycles. The lowest BCUT2D eigenvalue weighted by atomic mass is 10.1. The molecule has 1 rings (SSSR count). The predicted molar refractivity (Wildman–Crippen MR) is 56.5 cm³/mol. The van der Waals surface area contributed by atoms with Crippen molar-refractivity contribution in [2.45, 2.75) is 6.42 Å². The summed E-state index contributed by atoms with van der Waals surface area (Å²) in [6, 6.07) is 5.65. The second-order valence-corrected chi connectivity index (χ2v) is 3.23. The Morgan fingerprint density at radius 1 is 1.50 bits per heavy atom. The van der Waals surface area contributed by atoms with Gasteiger partial charge in [-0.15, -0.1) is 4.58 Å². The molecular formula is C9H9ClN2O4. The van der Waals surface area contributed by atoms with Crippen LogP contribution >= 0.6 is 11.8 Å². The molecule has 0 N–H and O–H groups in total. The van der Waals surface area contributed by atoms with E-state index in [0.717, 1.165) is 0 Å². The lowest BCUT2D eigenvalue weighted by Gasteiger charge is -2.09. The van der Waals surface area contributed by atoms with Gasteiger partial charge in [0.05, 0.1) is 18.5 Å². The number of hydroxylamine groups is 1. The van der Waals surface area contributed by atoms with E-state index in [1.807, 2.05) is 0 Å². The Kier molecular flexibility index (Phi) is 4.21. The first kappa shape index (κ1) is 12.4. The number of rotatable bonds is 4. The van der Waals surface area contributed by atoms with E-state index in [4.69, 9.17) is 11.8 Å². The molecule has 0 aliphatic carbocycles. The molecule has 0 unspecified atom stereocenters. The fourth-order valence-electron chi connectivity index (χ4n) is 1.07. The number of amides is 1. The van der Waals surface area contributed by atoms with Crippen LogP contribution in [-0.2, 0) is 16.1 Å². The van der Waals surface area contributed by atoms with Gasteiger partial charge in [0.25, 0.3) is 11.6 Å². The summed E-state index contributed by atoms with van der Waals surface area (Å²) in [7, 11) is 1.26. The quantitative estimate of drug-likeness (QED) is 0.459. The van der Waals surface area contributed by atoms with Crippen LogP contribution < -0.4 is 0 Å². The van der Waals surface area contributed by atoms with Crippen molar-refractivity contribution >= 4 is 23.4 Å². The van der Waals surface area contributed by atoms with E-state index < -0.39 is 10.8 Å². The summed E-state index contributed by atoms with van der Waals surface area (Å²) in [4.78, 5) is 25.7. The summed E-state index contributed by atoms with van der Waals surface area (Å²) in [5.74, 6) is -0.446. The third-order valence-corrected chi connectivity index (χ3v) is 2.19. The molecule has 0 saturated carbocycles. The molecule has 6 nitrogen and oxygen atoms in total. The Morgan fingerprint density at radius 2 is 2.06 bits per heavy atom. The SMILES string of the molecule is CON(Cl)C(=O)Cc1ccc([N+](=O)[O-])cc1. The van der Waals surface area contributed by atoms with Gasteiger partial charge in [0.2, 0.25) is 0 Å². The molecule has 0 aromatic heterocycles. The molecular weight excluding hydrogens is 236 g/mol. The fraction of sp³-hybridized carbons (Fsp3) is 0.222. The molecule has 1 amide bonds. The molecule has 16 heavy (non-hydrogen) atoms. The van der Waals surface area contributed by atoms with E-state index >= 15 is 0 Å². The number of nitro groups is 1. The van der Waals surface area contributed by atoms with E-state index in [0.29, 0.717) is 10.1 Å². The van der Waals surface area contributed by atoms with E-state index in [9.17, 15) is 14.9 Å². The minimum absolute atomic E-state index is 0.0225. The number of hydrogen-bond donors (Lipinski definition) is 0. The van der Waals surface area contributed by atoms with E-state index in [1.165, 1.54) is 31.4 Å². The largest absolute Gasteiger partial charge is 0.271 e. The average molecular weight is 245 g/mol. The van der Waals surface area contributed by atoms with Crippen LogP contribution in [0.4, 0.5) is 5.69 Å². The second kappa shape index (κ2) is 5.43. The lowest BCUT2D eigenvalue weighted by molar-refractivity contribution is -0.384. The third kappa shape index (κ3) is 3.18. The fourth-order valence-corrected chi connectivity index (χ4v) is 1.13. The van der Waals surface area contributed by atoms with Gasteiger partial charge in [-0.3, -0.25) is 19.7 Å². The zero-order valence-electron chi connectivity index (χ0n) is 8.42. The number of benzene rings is 1. The molecule has 0 saturated heterocycles. The molecule has 0 radical (unpaired) electrons. The first-order valence-corrected chi connectivity index (χ1v) is 4.64. The minimum atomic E-state index is -0.505. The van der Waals surface area contributed by atoms with Gasteiger partial charge in [-0.05, 0) is 5.56 Å². The van der Waals surface area contributed by atoms with Crippen molar-refractivity contribution in [1.82, 2.24) is 4.58 Å². The Morgan fingerprint density at radius 3 is 2.50 bits per heavy atom. The van der Waals surface area contributed by atoms with Crippen molar-refractivity contribution in [3.8, 4) is 0 Å². The summed E-state index contributed by atoms with van der Waals surface area (Å²) in [6.45, 7) is 0. The number of non-ortho nitro benzene ring substituents is 1. The monoisotopic (exact) mass is 244 g/mol. The summed E-state index contributed by atoms with van der Waals surface area (Å²) < 4.78 is 0.585. The standard InChI is InChI=1S/C9H9ClN2O4/c1-16-11(10)9(13)6-7-2-4-8(5-3-7)12(14)15/h2-5H,6H2,1H3. The zero-order valence-corrected chi connectivity index (χ0v) is 9.18. The molecule has 0 aliphatic heterocycles. The van der Waals surface area contributed by atoms with Crippen molar-refractivity contribution < 1.29 is 14.6 Å². The minimum Gasteiger partial charge on any atom is -0.271 e. The number of hydrogen-bond acceptors (Lipinski definition) is 4. The van der Waals surface area contributed by atoms with Crippen LogP contribution in [0.1, 0.15) is 5.56 Å². The van der Waals surface area contributed by atoms with Gasteiger partial charge in [0.15, 0.2) is 0 Å². The van der Waals surface area contributed by atoms with Gasteiger partial charge in [-0.25, -0.2) is 0 Å². The Balaban J connectivity index is 2.69. The highest BCUT2D eigenvalue weighted by molar-refractivity contribution is 6.20. The molecule has 0 spiro atoms. The average Bonchev–Trinajstić information content (AvgIpc) is 2.28. The summed E-state index contributed by atoms with van der Waals surface area (Å²) in [6.07, 6.45) is 0.0231. The number of carbonyl (C=O) groups is 1. The molecule has 86 valence electrons. The number of halogens is 1. The molecule has 0 atom stereocenters. The van der Waals surface area contributed by atoms with Crippen LogP contribution in [0.5, 0.6) is 0 Å². The van der Waals surface area contributed by atoms with Gasteiger partial charge in [0.1, 0.15) is 0 Å². The molecule has 0 heterocycles. The normalized spacial score (nSPS) is 9.88. The van der Waals surface area contributed by atoms with Gasteiger partial charge < -0.3 is 0 Å². The first-order chi connectivity index (χ1) is 7.54. The maximum Gasteiger partial charge on any atom is 0.269 e. The van der Waals surface area contributed by atoms with Crippen LogP contribution in [0.15, 0.2) is 24.3 Å². The van der Waals surface area contributed by atoms with Gasteiger partial charge in [0, 0.05) is 23.9 Å². The van der Waals surface area contributed by atoms with Crippen molar-refractivity contribution in [2.24, 2.45) is 0 Å². The van der Waals surface area contributed by atoms with Crippen molar-refractivity contribution in [3.63, 3.8) is 0 Å². The van der Waals surface area contributed by atoms with Crippen LogP contribution in [0, 0.1) is 10.1 Å².